The van der Waals surface area contributed by atoms with Gasteiger partial charge >= 0.3 is 0 Å². The molecule has 0 radical (unpaired) electrons. The largest absolute Gasteiger partial charge is 0.370 e. The molecule has 2 rings (SSSR count). The lowest BCUT2D eigenvalue weighted by molar-refractivity contribution is 0.399. The van der Waals surface area contributed by atoms with Crippen LogP contribution in [0.5, 0.6) is 0 Å². The van der Waals surface area contributed by atoms with E-state index >= 15 is 0 Å². The topological polar surface area (TPSA) is 41.0 Å². The van der Waals surface area contributed by atoms with Gasteiger partial charge in [0.15, 0.2) is 0 Å². The van der Waals surface area contributed by atoms with Gasteiger partial charge in [0.25, 0.3) is 0 Å². The summed E-state index contributed by atoms with van der Waals surface area (Å²) in [5.74, 6) is 2.80. The van der Waals surface area contributed by atoms with Crippen LogP contribution < -0.4 is 10.2 Å². The summed E-state index contributed by atoms with van der Waals surface area (Å²) in [4.78, 5) is 11.1. The van der Waals surface area contributed by atoms with Crippen LogP contribution in [0.3, 0.4) is 0 Å². The molecule has 1 fully saturated rings. The van der Waals surface area contributed by atoms with E-state index in [-0.39, 0.29) is 0 Å². The lowest BCUT2D eigenvalue weighted by atomic mass is 9.92. The van der Waals surface area contributed by atoms with Crippen LogP contribution in [-0.2, 0) is 0 Å². The minimum absolute atomic E-state index is 0.670. The fourth-order valence-electron chi connectivity index (χ4n) is 1.97. The highest BCUT2D eigenvalue weighted by Crippen LogP contribution is 2.27. The summed E-state index contributed by atoms with van der Waals surface area (Å²) in [6.45, 7) is 4.91. The van der Waals surface area contributed by atoms with Gasteiger partial charge < -0.3 is 10.2 Å². The second-order valence-corrected chi connectivity index (χ2v) is 4.38. The highest BCUT2D eigenvalue weighted by atomic mass is 15.2. The number of aryl methyl sites for hydroxylation is 1. The smallest absolute Gasteiger partial charge is 0.134 e. The minimum atomic E-state index is 0.670. The third kappa shape index (κ3) is 2.26. The van der Waals surface area contributed by atoms with Crippen molar-refractivity contribution in [2.75, 3.05) is 23.8 Å². The Kier molecular flexibility index (Phi) is 3.27. The van der Waals surface area contributed by atoms with Crippen LogP contribution in [-0.4, -0.2) is 29.6 Å². The van der Waals surface area contributed by atoms with Crippen LogP contribution in [0.1, 0.15) is 32.0 Å². The average molecular weight is 220 g/mol. The third-order valence-electron chi connectivity index (χ3n) is 3.17. The van der Waals surface area contributed by atoms with Gasteiger partial charge in [-0.3, -0.25) is 0 Å². The molecule has 0 unspecified atom stereocenters. The molecule has 1 saturated carbocycles. The molecule has 1 heterocycles. The zero-order valence-corrected chi connectivity index (χ0v) is 10.3. The first-order valence-corrected chi connectivity index (χ1v) is 6.03. The first kappa shape index (κ1) is 11.2. The van der Waals surface area contributed by atoms with E-state index in [0.29, 0.717) is 6.04 Å². The van der Waals surface area contributed by atoms with Crippen molar-refractivity contribution in [2.24, 2.45) is 0 Å². The lowest BCUT2D eigenvalue weighted by Crippen LogP contribution is -2.37. The maximum Gasteiger partial charge on any atom is 0.134 e. The molecule has 0 saturated heterocycles. The van der Waals surface area contributed by atoms with Crippen LogP contribution in [0.4, 0.5) is 11.6 Å². The van der Waals surface area contributed by atoms with Crippen molar-refractivity contribution in [1.29, 1.82) is 0 Å². The molecule has 0 amide bonds. The predicted molar refractivity (Wildman–Crippen MR) is 67.0 cm³/mol. The van der Waals surface area contributed by atoms with Crippen molar-refractivity contribution in [3.05, 3.63) is 11.9 Å². The average Bonchev–Trinajstić information content (AvgIpc) is 2.14. The number of hydrogen-bond acceptors (Lipinski definition) is 4. The van der Waals surface area contributed by atoms with Crippen LogP contribution in [0.25, 0.3) is 0 Å². The van der Waals surface area contributed by atoms with E-state index < -0.39 is 0 Å². The van der Waals surface area contributed by atoms with Crippen LogP contribution in [0.15, 0.2) is 6.07 Å². The van der Waals surface area contributed by atoms with Crippen molar-refractivity contribution < 1.29 is 0 Å². The summed E-state index contributed by atoms with van der Waals surface area (Å²) in [6.07, 6.45) is 3.92. The quantitative estimate of drug-likeness (QED) is 0.844. The Bertz CT molecular complexity index is 360. The molecule has 1 aromatic heterocycles. The molecule has 4 nitrogen and oxygen atoms in total. The van der Waals surface area contributed by atoms with Gasteiger partial charge in [0, 0.05) is 25.7 Å². The molecule has 1 aromatic rings. The molecule has 0 aliphatic heterocycles. The third-order valence-corrected chi connectivity index (χ3v) is 3.17. The fraction of sp³-hybridized carbons (Fsp3) is 0.667. The monoisotopic (exact) mass is 220 g/mol. The predicted octanol–water partition coefficient (Wildman–Crippen LogP) is 2.21. The maximum atomic E-state index is 4.49. The van der Waals surface area contributed by atoms with Crippen molar-refractivity contribution >= 4 is 11.6 Å². The zero-order valence-electron chi connectivity index (χ0n) is 10.3. The molecule has 0 bridgehead atoms. The summed E-state index contributed by atoms with van der Waals surface area (Å²) in [6, 6.07) is 2.71. The summed E-state index contributed by atoms with van der Waals surface area (Å²) < 4.78 is 0. The molecule has 1 N–H and O–H groups in total. The van der Waals surface area contributed by atoms with Gasteiger partial charge in [-0.05, 0) is 33.1 Å². The van der Waals surface area contributed by atoms with Gasteiger partial charge in [-0.2, -0.15) is 0 Å². The van der Waals surface area contributed by atoms with Crippen molar-refractivity contribution in [2.45, 2.75) is 39.2 Å². The zero-order chi connectivity index (χ0) is 11.5. The second-order valence-electron chi connectivity index (χ2n) is 4.38. The minimum Gasteiger partial charge on any atom is -0.370 e. The van der Waals surface area contributed by atoms with E-state index in [9.17, 15) is 0 Å². The van der Waals surface area contributed by atoms with Gasteiger partial charge in [-0.1, -0.05) is 0 Å². The lowest BCUT2D eigenvalue weighted by Gasteiger charge is -2.35. The summed E-state index contributed by atoms with van der Waals surface area (Å²) in [5, 5.41) is 3.24. The maximum absolute atomic E-state index is 4.49. The van der Waals surface area contributed by atoms with Crippen molar-refractivity contribution in [3.8, 4) is 0 Å². The van der Waals surface area contributed by atoms with E-state index in [1.165, 1.54) is 19.3 Å². The van der Waals surface area contributed by atoms with E-state index in [1.807, 2.05) is 13.0 Å². The number of nitrogens with zero attached hydrogens (tertiary/aromatic N) is 3. The molecule has 4 heteroatoms. The second kappa shape index (κ2) is 4.68. The van der Waals surface area contributed by atoms with E-state index in [2.05, 4.69) is 34.2 Å². The Hall–Kier alpha value is -1.32. The number of aromatic nitrogens is 2. The number of nitrogens with one attached hydrogen (secondary N) is 1. The Balaban J connectivity index is 2.18. The number of rotatable bonds is 4. The Morgan fingerprint density at radius 3 is 2.75 bits per heavy atom. The Morgan fingerprint density at radius 1 is 1.44 bits per heavy atom. The summed E-state index contributed by atoms with van der Waals surface area (Å²) in [7, 11) is 2.13. The van der Waals surface area contributed by atoms with Crippen LogP contribution >= 0.6 is 0 Å². The van der Waals surface area contributed by atoms with E-state index in [4.69, 9.17) is 0 Å². The molecular formula is C12H20N4. The summed E-state index contributed by atoms with van der Waals surface area (Å²) in [5.41, 5.74) is 0. The fourth-order valence-corrected chi connectivity index (χ4v) is 1.97. The molecular weight excluding hydrogens is 200 g/mol. The van der Waals surface area contributed by atoms with E-state index in [1.54, 1.807) is 0 Å². The first-order valence-electron chi connectivity index (χ1n) is 6.03. The normalized spacial score (nSPS) is 15.7. The molecule has 0 aromatic carbocycles. The van der Waals surface area contributed by atoms with Gasteiger partial charge in [-0.15, -0.1) is 0 Å². The standard InChI is InChI=1S/C12H20N4/c1-4-13-11-8-12(15-9(2)14-11)16(3)10-6-5-7-10/h8,10H,4-7H2,1-3H3,(H,13,14,15). The van der Waals surface area contributed by atoms with Gasteiger partial charge in [0.05, 0.1) is 0 Å². The van der Waals surface area contributed by atoms with E-state index in [0.717, 1.165) is 24.0 Å². The highest BCUT2D eigenvalue weighted by molar-refractivity contribution is 5.49. The molecule has 88 valence electrons. The van der Waals surface area contributed by atoms with Gasteiger partial charge in [0.1, 0.15) is 17.5 Å². The van der Waals surface area contributed by atoms with Crippen LogP contribution in [0, 0.1) is 6.92 Å². The van der Waals surface area contributed by atoms with Gasteiger partial charge in [0.2, 0.25) is 0 Å². The molecule has 1 aliphatic carbocycles. The molecule has 0 spiro atoms. The molecule has 0 atom stereocenters. The SMILES string of the molecule is CCNc1cc(N(C)C2CCC2)nc(C)n1. The summed E-state index contributed by atoms with van der Waals surface area (Å²) >= 11 is 0. The number of hydrogen-bond donors (Lipinski definition) is 1. The Labute approximate surface area is 97.1 Å². The first-order chi connectivity index (χ1) is 7.70. The number of anilines is 2. The van der Waals surface area contributed by atoms with Gasteiger partial charge in [-0.25, -0.2) is 9.97 Å². The molecule has 16 heavy (non-hydrogen) atoms. The Morgan fingerprint density at radius 2 is 2.19 bits per heavy atom. The van der Waals surface area contributed by atoms with Crippen molar-refractivity contribution in [1.82, 2.24) is 9.97 Å². The van der Waals surface area contributed by atoms with Crippen molar-refractivity contribution in [3.63, 3.8) is 0 Å². The highest BCUT2D eigenvalue weighted by Gasteiger charge is 2.23. The van der Waals surface area contributed by atoms with Crippen LogP contribution in [0.2, 0.25) is 0 Å². The molecule has 1 aliphatic rings.